The van der Waals surface area contributed by atoms with Gasteiger partial charge in [0.2, 0.25) is 5.91 Å². The van der Waals surface area contributed by atoms with Gasteiger partial charge in [-0.15, -0.1) is 0 Å². The summed E-state index contributed by atoms with van der Waals surface area (Å²) in [4.78, 5) is 14.0. The normalized spacial score (nSPS) is 26.9. The Balaban J connectivity index is 2.31. The van der Waals surface area contributed by atoms with Crippen molar-refractivity contribution in [1.82, 2.24) is 4.90 Å². The van der Waals surface area contributed by atoms with Gasteiger partial charge < -0.3 is 15.4 Å². The van der Waals surface area contributed by atoms with Crippen LogP contribution in [0.1, 0.15) is 40.0 Å². The van der Waals surface area contributed by atoms with E-state index in [4.69, 9.17) is 10.5 Å². The van der Waals surface area contributed by atoms with Crippen molar-refractivity contribution in [2.75, 3.05) is 19.6 Å². The van der Waals surface area contributed by atoms with Gasteiger partial charge in [0.05, 0.1) is 12.2 Å². The fourth-order valence-corrected chi connectivity index (χ4v) is 2.34. The average Bonchev–Trinajstić information content (AvgIpc) is 2.25. The van der Waals surface area contributed by atoms with E-state index < -0.39 is 0 Å². The molecule has 3 atom stereocenters. The van der Waals surface area contributed by atoms with E-state index in [-0.39, 0.29) is 18.1 Å². The minimum absolute atomic E-state index is 0.157. The first kappa shape index (κ1) is 14.5. The lowest BCUT2D eigenvalue weighted by atomic mass is 10.0. The molecular formula is C13H26N2O2. The van der Waals surface area contributed by atoms with Crippen LogP contribution in [0.4, 0.5) is 0 Å². The number of morpholine rings is 1. The largest absolute Gasteiger partial charge is 0.372 e. The van der Waals surface area contributed by atoms with Crippen molar-refractivity contribution in [2.24, 2.45) is 11.7 Å². The van der Waals surface area contributed by atoms with Crippen LogP contribution in [-0.4, -0.2) is 42.6 Å². The highest BCUT2D eigenvalue weighted by Gasteiger charge is 2.25. The SMILES string of the molecule is CC(CCN)CCC(=O)N1C[C@@H](C)O[C@@H](C)C1. The number of amides is 1. The number of carbonyl (C=O) groups is 1. The van der Waals surface area contributed by atoms with E-state index in [1.165, 1.54) is 0 Å². The van der Waals surface area contributed by atoms with E-state index in [0.717, 1.165) is 25.9 Å². The summed E-state index contributed by atoms with van der Waals surface area (Å²) >= 11 is 0. The average molecular weight is 242 g/mol. The summed E-state index contributed by atoms with van der Waals surface area (Å²) in [6, 6.07) is 0. The summed E-state index contributed by atoms with van der Waals surface area (Å²) in [5.74, 6) is 0.802. The molecular weight excluding hydrogens is 216 g/mol. The summed E-state index contributed by atoms with van der Waals surface area (Å²) < 4.78 is 5.62. The number of nitrogens with zero attached hydrogens (tertiary/aromatic N) is 1. The first-order chi connectivity index (χ1) is 8.02. The lowest BCUT2D eigenvalue weighted by molar-refractivity contribution is -0.143. The lowest BCUT2D eigenvalue weighted by Crippen LogP contribution is -2.48. The Morgan fingerprint density at radius 3 is 2.47 bits per heavy atom. The highest BCUT2D eigenvalue weighted by atomic mass is 16.5. The molecule has 1 aliphatic rings. The number of hydrogen-bond donors (Lipinski definition) is 1. The Labute approximate surface area is 104 Å². The van der Waals surface area contributed by atoms with Crippen LogP contribution < -0.4 is 5.73 Å². The van der Waals surface area contributed by atoms with Gasteiger partial charge in [0, 0.05) is 19.5 Å². The molecule has 4 heteroatoms. The second kappa shape index (κ2) is 6.97. The number of rotatable bonds is 5. The van der Waals surface area contributed by atoms with E-state index >= 15 is 0 Å². The molecule has 0 aromatic rings. The van der Waals surface area contributed by atoms with Gasteiger partial charge in [0.25, 0.3) is 0 Å². The van der Waals surface area contributed by atoms with Crippen LogP contribution in [-0.2, 0) is 9.53 Å². The third-order valence-corrected chi connectivity index (χ3v) is 3.28. The van der Waals surface area contributed by atoms with Gasteiger partial charge in [-0.05, 0) is 39.2 Å². The second-order valence-corrected chi connectivity index (χ2v) is 5.28. The van der Waals surface area contributed by atoms with Crippen molar-refractivity contribution in [3.63, 3.8) is 0 Å². The molecule has 0 saturated carbocycles. The van der Waals surface area contributed by atoms with Crippen molar-refractivity contribution in [3.05, 3.63) is 0 Å². The Hall–Kier alpha value is -0.610. The molecule has 0 radical (unpaired) electrons. The standard InChI is InChI=1S/C13H26N2O2/c1-10(6-7-14)4-5-13(16)15-8-11(2)17-12(3)9-15/h10-12H,4-9,14H2,1-3H3/t10?,11-,12+. The fraction of sp³-hybridized carbons (Fsp3) is 0.923. The van der Waals surface area contributed by atoms with Crippen LogP contribution in [0.2, 0.25) is 0 Å². The maximum atomic E-state index is 12.0. The minimum Gasteiger partial charge on any atom is -0.372 e. The van der Waals surface area contributed by atoms with Crippen molar-refractivity contribution in [1.29, 1.82) is 0 Å². The molecule has 1 fully saturated rings. The summed E-state index contributed by atoms with van der Waals surface area (Å²) in [5, 5.41) is 0. The summed E-state index contributed by atoms with van der Waals surface area (Å²) in [5.41, 5.74) is 5.50. The van der Waals surface area contributed by atoms with Crippen molar-refractivity contribution >= 4 is 5.91 Å². The van der Waals surface area contributed by atoms with E-state index in [0.29, 0.717) is 18.9 Å². The van der Waals surface area contributed by atoms with Gasteiger partial charge >= 0.3 is 0 Å². The van der Waals surface area contributed by atoms with Crippen molar-refractivity contribution < 1.29 is 9.53 Å². The zero-order valence-corrected chi connectivity index (χ0v) is 11.3. The Bertz CT molecular complexity index is 236. The molecule has 0 aliphatic carbocycles. The van der Waals surface area contributed by atoms with Gasteiger partial charge in [-0.25, -0.2) is 0 Å². The number of hydrogen-bond acceptors (Lipinski definition) is 3. The molecule has 2 N–H and O–H groups in total. The molecule has 0 spiro atoms. The number of carbonyl (C=O) groups excluding carboxylic acids is 1. The lowest BCUT2D eigenvalue weighted by Gasteiger charge is -2.35. The second-order valence-electron chi connectivity index (χ2n) is 5.28. The van der Waals surface area contributed by atoms with Crippen LogP contribution in [0.3, 0.4) is 0 Å². The molecule has 100 valence electrons. The molecule has 1 aliphatic heterocycles. The third-order valence-electron chi connectivity index (χ3n) is 3.28. The quantitative estimate of drug-likeness (QED) is 0.792. The van der Waals surface area contributed by atoms with Gasteiger partial charge in [0.1, 0.15) is 0 Å². The van der Waals surface area contributed by atoms with E-state index in [9.17, 15) is 4.79 Å². The van der Waals surface area contributed by atoms with Gasteiger partial charge in [0.15, 0.2) is 0 Å². The Kier molecular flexibility index (Phi) is 5.92. The maximum Gasteiger partial charge on any atom is 0.222 e. The molecule has 1 saturated heterocycles. The minimum atomic E-state index is 0.157. The monoisotopic (exact) mass is 242 g/mol. The highest BCUT2D eigenvalue weighted by molar-refractivity contribution is 5.76. The molecule has 4 nitrogen and oxygen atoms in total. The molecule has 0 aromatic carbocycles. The van der Waals surface area contributed by atoms with Gasteiger partial charge in [-0.1, -0.05) is 6.92 Å². The predicted octanol–water partition coefficient (Wildman–Crippen LogP) is 1.39. The van der Waals surface area contributed by atoms with E-state index in [2.05, 4.69) is 6.92 Å². The first-order valence-corrected chi connectivity index (χ1v) is 6.66. The molecule has 1 amide bonds. The Morgan fingerprint density at radius 1 is 1.35 bits per heavy atom. The maximum absolute atomic E-state index is 12.0. The van der Waals surface area contributed by atoms with Gasteiger partial charge in [-0.3, -0.25) is 4.79 Å². The van der Waals surface area contributed by atoms with Gasteiger partial charge in [-0.2, -0.15) is 0 Å². The van der Waals surface area contributed by atoms with E-state index in [1.807, 2.05) is 18.7 Å². The molecule has 1 unspecified atom stereocenters. The molecule has 0 bridgehead atoms. The zero-order chi connectivity index (χ0) is 12.8. The van der Waals surface area contributed by atoms with Crippen LogP contribution in [0.25, 0.3) is 0 Å². The molecule has 1 rings (SSSR count). The highest BCUT2D eigenvalue weighted by Crippen LogP contribution is 2.15. The summed E-state index contributed by atoms with van der Waals surface area (Å²) in [6.07, 6.45) is 2.90. The molecule has 17 heavy (non-hydrogen) atoms. The number of nitrogens with two attached hydrogens (primary N) is 1. The van der Waals surface area contributed by atoms with Crippen LogP contribution in [0.5, 0.6) is 0 Å². The number of ether oxygens (including phenoxy) is 1. The van der Waals surface area contributed by atoms with Crippen molar-refractivity contribution in [3.8, 4) is 0 Å². The predicted molar refractivity (Wildman–Crippen MR) is 68.7 cm³/mol. The molecule has 0 aromatic heterocycles. The van der Waals surface area contributed by atoms with Crippen LogP contribution in [0, 0.1) is 5.92 Å². The topological polar surface area (TPSA) is 55.6 Å². The fourth-order valence-electron chi connectivity index (χ4n) is 2.34. The van der Waals surface area contributed by atoms with Crippen molar-refractivity contribution in [2.45, 2.75) is 52.2 Å². The Morgan fingerprint density at radius 2 is 1.94 bits per heavy atom. The summed E-state index contributed by atoms with van der Waals surface area (Å²) in [6.45, 7) is 8.37. The third kappa shape index (κ3) is 5.04. The molecule has 1 heterocycles. The smallest absolute Gasteiger partial charge is 0.222 e. The first-order valence-electron chi connectivity index (χ1n) is 6.66. The van der Waals surface area contributed by atoms with E-state index in [1.54, 1.807) is 0 Å². The van der Waals surface area contributed by atoms with Crippen LogP contribution >= 0.6 is 0 Å². The van der Waals surface area contributed by atoms with Crippen LogP contribution in [0.15, 0.2) is 0 Å². The zero-order valence-electron chi connectivity index (χ0n) is 11.3. The summed E-state index contributed by atoms with van der Waals surface area (Å²) in [7, 11) is 0.